The number of Topliss-reactive ketones (excluding diaryl/α,β-unsaturated/α-hetero) is 1. The van der Waals surface area contributed by atoms with Crippen LogP contribution in [0.4, 0.5) is 5.69 Å². The van der Waals surface area contributed by atoms with Gasteiger partial charge in [-0.3, -0.25) is 4.79 Å². The molecule has 2 aromatic carbocycles. The van der Waals surface area contributed by atoms with Crippen LogP contribution in [-0.4, -0.2) is 44.7 Å². The number of ketones is 1. The van der Waals surface area contributed by atoms with E-state index in [9.17, 15) is 13.2 Å². The SMILES string of the molecule is CC(=O)c1ccc(N2CCN(S(=O)(=O)c3ccccc3Br)CC2)cc1. The molecule has 0 atom stereocenters. The van der Waals surface area contributed by atoms with Gasteiger partial charge in [0.05, 0.1) is 4.90 Å². The van der Waals surface area contributed by atoms with E-state index in [2.05, 4.69) is 20.8 Å². The van der Waals surface area contributed by atoms with E-state index in [4.69, 9.17) is 0 Å². The van der Waals surface area contributed by atoms with Gasteiger partial charge in [0.1, 0.15) is 0 Å². The monoisotopic (exact) mass is 422 g/mol. The first-order valence-electron chi connectivity index (χ1n) is 8.00. The average Bonchev–Trinajstić information content (AvgIpc) is 2.62. The van der Waals surface area contributed by atoms with Crippen LogP contribution in [0.5, 0.6) is 0 Å². The van der Waals surface area contributed by atoms with Crippen molar-refractivity contribution < 1.29 is 13.2 Å². The normalized spacial score (nSPS) is 16.0. The Labute approximate surface area is 156 Å². The molecular formula is C18H19BrN2O3S. The second-order valence-electron chi connectivity index (χ2n) is 5.92. The van der Waals surface area contributed by atoms with Crippen LogP contribution >= 0.6 is 15.9 Å². The number of benzene rings is 2. The van der Waals surface area contributed by atoms with E-state index in [0.29, 0.717) is 41.1 Å². The Morgan fingerprint density at radius 1 is 0.960 bits per heavy atom. The quantitative estimate of drug-likeness (QED) is 0.709. The van der Waals surface area contributed by atoms with Gasteiger partial charge >= 0.3 is 0 Å². The Morgan fingerprint density at radius 2 is 1.56 bits per heavy atom. The van der Waals surface area contributed by atoms with Crippen molar-refractivity contribution in [3.8, 4) is 0 Å². The summed E-state index contributed by atoms with van der Waals surface area (Å²) >= 11 is 3.32. The molecule has 0 aliphatic carbocycles. The zero-order valence-corrected chi connectivity index (χ0v) is 16.3. The molecule has 0 N–H and O–H groups in total. The molecule has 1 aliphatic heterocycles. The molecular weight excluding hydrogens is 404 g/mol. The average molecular weight is 423 g/mol. The third-order valence-electron chi connectivity index (χ3n) is 4.33. The largest absolute Gasteiger partial charge is 0.369 e. The van der Waals surface area contributed by atoms with Gasteiger partial charge in [0.2, 0.25) is 10.0 Å². The summed E-state index contributed by atoms with van der Waals surface area (Å²) in [6.45, 7) is 3.63. The lowest BCUT2D eigenvalue weighted by atomic mass is 10.1. The van der Waals surface area contributed by atoms with Crippen LogP contribution in [0.2, 0.25) is 0 Å². The number of halogens is 1. The number of hydrogen-bond acceptors (Lipinski definition) is 4. The first-order chi connectivity index (χ1) is 11.9. The smallest absolute Gasteiger partial charge is 0.244 e. The molecule has 1 saturated heterocycles. The van der Waals surface area contributed by atoms with Gasteiger partial charge < -0.3 is 4.90 Å². The minimum Gasteiger partial charge on any atom is -0.369 e. The van der Waals surface area contributed by atoms with Crippen molar-refractivity contribution in [2.24, 2.45) is 0 Å². The molecule has 1 aliphatic rings. The third kappa shape index (κ3) is 3.78. The maximum absolute atomic E-state index is 12.8. The fraction of sp³-hybridized carbons (Fsp3) is 0.278. The highest BCUT2D eigenvalue weighted by Crippen LogP contribution is 2.26. The van der Waals surface area contributed by atoms with Crippen molar-refractivity contribution in [3.63, 3.8) is 0 Å². The second-order valence-corrected chi connectivity index (χ2v) is 8.69. The molecule has 25 heavy (non-hydrogen) atoms. The number of carbonyl (C=O) groups is 1. The van der Waals surface area contributed by atoms with Crippen LogP contribution in [-0.2, 0) is 10.0 Å². The summed E-state index contributed by atoms with van der Waals surface area (Å²) in [4.78, 5) is 13.8. The zero-order valence-electron chi connectivity index (χ0n) is 13.9. The predicted octanol–water partition coefficient (Wildman–Crippen LogP) is 3.16. The van der Waals surface area contributed by atoms with Crippen LogP contribution in [0.15, 0.2) is 57.9 Å². The molecule has 0 bridgehead atoms. The summed E-state index contributed by atoms with van der Waals surface area (Å²) in [5.74, 6) is 0.0379. The van der Waals surface area contributed by atoms with Crippen LogP contribution in [0.1, 0.15) is 17.3 Å². The van der Waals surface area contributed by atoms with Crippen molar-refractivity contribution in [1.29, 1.82) is 0 Å². The topological polar surface area (TPSA) is 57.7 Å². The van der Waals surface area contributed by atoms with Gasteiger partial charge in [-0.05, 0) is 59.3 Å². The number of carbonyl (C=O) groups excluding carboxylic acids is 1. The van der Waals surface area contributed by atoms with Crippen molar-refractivity contribution in [2.45, 2.75) is 11.8 Å². The van der Waals surface area contributed by atoms with Crippen LogP contribution in [0.3, 0.4) is 0 Å². The molecule has 0 spiro atoms. The van der Waals surface area contributed by atoms with Crippen molar-refractivity contribution in [2.75, 3.05) is 31.1 Å². The van der Waals surface area contributed by atoms with Gasteiger partial charge in [0.25, 0.3) is 0 Å². The molecule has 0 radical (unpaired) electrons. The standard InChI is InChI=1S/C18H19BrN2O3S/c1-14(22)15-6-8-16(9-7-15)20-10-12-21(13-11-20)25(23,24)18-5-3-2-4-17(18)19/h2-9H,10-13H2,1H3. The first kappa shape index (κ1) is 18.1. The molecule has 1 heterocycles. The van der Waals surface area contributed by atoms with Crippen LogP contribution in [0.25, 0.3) is 0 Å². The lowest BCUT2D eigenvalue weighted by Gasteiger charge is -2.35. The van der Waals surface area contributed by atoms with E-state index in [1.807, 2.05) is 24.3 Å². The molecule has 0 saturated carbocycles. The molecule has 0 amide bonds. The third-order valence-corrected chi connectivity index (χ3v) is 7.24. The summed E-state index contributed by atoms with van der Waals surface area (Å²) in [5, 5.41) is 0. The highest BCUT2D eigenvalue weighted by atomic mass is 79.9. The zero-order chi connectivity index (χ0) is 18.0. The Hall–Kier alpha value is -1.70. The highest BCUT2D eigenvalue weighted by molar-refractivity contribution is 9.10. The van der Waals surface area contributed by atoms with Gasteiger partial charge in [-0.1, -0.05) is 12.1 Å². The fourth-order valence-corrected chi connectivity index (χ4v) is 5.27. The molecule has 7 heteroatoms. The van der Waals surface area contributed by atoms with Crippen molar-refractivity contribution >= 4 is 37.4 Å². The maximum atomic E-state index is 12.8. The number of rotatable bonds is 4. The van der Waals surface area contributed by atoms with Crippen molar-refractivity contribution in [3.05, 3.63) is 58.6 Å². The molecule has 1 fully saturated rings. The Balaban J connectivity index is 1.71. The van der Waals surface area contributed by atoms with E-state index in [-0.39, 0.29) is 5.78 Å². The van der Waals surface area contributed by atoms with Crippen molar-refractivity contribution in [1.82, 2.24) is 4.31 Å². The summed E-state index contributed by atoms with van der Waals surface area (Å²) in [7, 11) is -3.50. The Bertz CT molecular complexity index is 873. The second kappa shape index (κ2) is 7.27. The van der Waals surface area contributed by atoms with E-state index in [1.165, 1.54) is 4.31 Å². The maximum Gasteiger partial charge on any atom is 0.244 e. The Morgan fingerprint density at radius 3 is 2.12 bits per heavy atom. The minimum atomic E-state index is -3.50. The number of anilines is 1. The molecule has 5 nitrogen and oxygen atoms in total. The van der Waals surface area contributed by atoms with Gasteiger partial charge in [-0.2, -0.15) is 4.31 Å². The predicted molar refractivity (Wildman–Crippen MR) is 102 cm³/mol. The molecule has 0 unspecified atom stereocenters. The van der Waals surface area contributed by atoms with E-state index in [0.717, 1.165) is 5.69 Å². The molecule has 3 rings (SSSR count). The number of piperazine rings is 1. The molecule has 2 aromatic rings. The van der Waals surface area contributed by atoms with E-state index >= 15 is 0 Å². The fourth-order valence-electron chi connectivity index (χ4n) is 2.89. The minimum absolute atomic E-state index is 0.0379. The lowest BCUT2D eigenvalue weighted by Crippen LogP contribution is -2.48. The van der Waals surface area contributed by atoms with Crippen LogP contribution in [0, 0.1) is 0 Å². The van der Waals surface area contributed by atoms with E-state index in [1.54, 1.807) is 31.2 Å². The lowest BCUT2D eigenvalue weighted by molar-refractivity contribution is 0.101. The van der Waals surface area contributed by atoms with E-state index < -0.39 is 10.0 Å². The molecule has 132 valence electrons. The Kier molecular flexibility index (Phi) is 5.27. The van der Waals surface area contributed by atoms with Gasteiger partial charge in [-0.25, -0.2) is 8.42 Å². The summed E-state index contributed by atoms with van der Waals surface area (Å²) in [5.41, 5.74) is 1.68. The summed E-state index contributed by atoms with van der Waals surface area (Å²) < 4.78 is 27.7. The molecule has 0 aromatic heterocycles. The highest BCUT2D eigenvalue weighted by Gasteiger charge is 2.29. The first-order valence-corrected chi connectivity index (χ1v) is 10.2. The summed E-state index contributed by atoms with van der Waals surface area (Å²) in [6.07, 6.45) is 0. The van der Waals surface area contributed by atoms with Gasteiger partial charge in [0, 0.05) is 41.9 Å². The van der Waals surface area contributed by atoms with Gasteiger partial charge in [0.15, 0.2) is 5.78 Å². The number of nitrogens with zero attached hydrogens (tertiary/aromatic N) is 2. The van der Waals surface area contributed by atoms with Crippen LogP contribution < -0.4 is 4.90 Å². The summed E-state index contributed by atoms with van der Waals surface area (Å²) in [6, 6.07) is 14.3. The van der Waals surface area contributed by atoms with Gasteiger partial charge in [-0.15, -0.1) is 0 Å². The number of sulfonamides is 1. The number of hydrogen-bond donors (Lipinski definition) is 0.